The number of nitrogens with one attached hydrogen (secondary N) is 2. The number of rotatable bonds is 5. The zero-order valence-electron chi connectivity index (χ0n) is 18.3. The molecule has 2 atom stereocenters. The van der Waals surface area contributed by atoms with Crippen LogP contribution in [0.3, 0.4) is 0 Å². The SMILES string of the molecule is COc1cccc([C@@H]2C[C@H](C(=O)NCC34CC5CC(CC(C5)C3)C4)N(C)S(=O)(=O)N2)c1. The molecular formula is C23H33N3O4S. The predicted molar refractivity (Wildman–Crippen MR) is 118 cm³/mol. The molecule has 4 saturated carbocycles. The number of benzene rings is 1. The maximum atomic E-state index is 13.2. The Hall–Kier alpha value is -1.64. The van der Waals surface area contributed by atoms with E-state index in [1.165, 1.54) is 49.9 Å². The zero-order chi connectivity index (χ0) is 21.8. The molecule has 31 heavy (non-hydrogen) atoms. The fourth-order valence-corrected chi connectivity index (χ4v) is 8.36. The molecule has 0 aromatic heterocycles. The second kappa shape index (κ2) is 7.74. The van der Waals surface area contributed by atoms with Crippen molar-refractivity contribution in [3.63, 3.8) is 0 Å². The number of hydrogen-bond donors (Lipinski definition) is 2. The van der Waals surface area contributed by atoms with Gasteiger partial charge in [0.1, 0.15) is 11.8 Å². The lowest BCUT2D eigenvalue weighted by atomic mass is 9.49. The van der Waals surface area contributed by atoms with E-state index in [0.29, 0.717) is 18.7 Å². The van der Waals surface area contributed by atoms with Gasteiger partial charge >= 0.3 is 0 Å². The van der Waals surface area contributed by atoms with Gasteiger partial charge in [-0.05, 0) is 85.8 Å². The molecule has 1 saturated heterocycles. The lowest BCUT2D eigenvalue weighted by Gasteiger charge is -2.57. The van der Waals surface area contributed by atoms with Gasteiger partial charge in [-0.25, -0.2) is 0 Å². The average Bonchev–Trinajstić information content (AvgIpc) is 2.73. The molecule has 0 unspecified atom stereocenters. The molecule has 7 nitrogen and oxygen atoms in total. The van der Waals surface area contributed by atoms with E-state index in [-0.39, 0.29) is 11.3 Å². The first-order chi connectivity index (χ1) is 14.8. The van der Waals surface area contributed by atoms with Gasteiger partial charge in [-0.2, -0.15) is 17.4 Å². The number of amides is 1. The van der Waals surface area contributed by atoms with Gasteiger partial charge in [0.05, 0.1) is 13.2 Å². The number of ether oxygens (including phenoxy) is 1. The highest BCUT2D eigenvalue weighted by Crippen LogP contribution is 2.59. The van der Waals surface area contributed by atoms with Crippen molar-refractivity contribution >= 4 is 16.1 Å². The maximum Gasteiger partial charge on any atom is 0.280 e. The van der Waals surface area contributed by atoms with Crippen molar-refractivity contribution in [2.75, 3.05) is 20.7 Å². The lowest BCUT2D eigenvalue weighted by Crippen LogP contribution is -2.58. The lowest BCUT2D eigenvalue weighted by molar-refractivity contribution is -0.127. The third-order valence-electron chi connectivity index (χ3n) is 8.17. The van der Waals surface area contributed by atoms with Crippen molar-refractivity contribution in [2.45, 2.75) is 57.0 Å². The standard InChI is InChI=1S/C23H33N3O4S/c1-26-21(10-20(25-31(26,28)29)18-4-3-5-19(9-18)30-2)22(27)24-14-23-11-15-6-16(12-23)8-17(7-15)13-23/h3-5,9,15-17,20-21,25H,6-8,10-14H2,1-2H3,(H,24,27)/t15?,16?,17?,20-,21+,23?/m0/s1. The summed E-state index contributed by atoms with van der Waals surface area (Å²) in [6.07, 6.45) is 8.12. The molecule has 0 spiro atoms. The third kappa shape index (κ3) is 3.98. The summed E-state index contributed by atoms with van der Waals surface area (Å²) in [4.78, 5) is 13.2. The van der Waals surface area contributed by atoms with Crippen molar-refractivity contribution in [3.05, 3.63) is 29.8 Å². The molecule has 0 radical (unpaired) electrons. The molecule has 2 N–H and O–H groups in total. The van der Waals surface area contributed by atoms with Crippen LogP contribution < -0.4 is 14.8 Å². The fraction of sp³-hybridized carbons (Fsp3) is 0.696. The Kier molecular flexibility index (Phi) is 5.30. The van der Waals surface area contributed by atoms with Crippen LogP contribution in [0.2, 0.25) is 0 Å². The molecule has 170 valence electrons. The van der Waals surface area contributed by atoms with E-state index < -0.39 is 22.3 Å². The van der Waals surface area contributed by atoms with E-state index in [4.69, 9.17) is 4.74 Å². The number of hydrogen-bond acceptors (Lipinski definition) is 4. The molecule has 1 heterocycles. The van der Waals surface area contributed by atoms with Crippen molar-refractivity contribution in [2.24, 2.45) is 23.2 Å². The quantitative estimate of drug-likeness (QED) is 0.726. The maximum absolute atomic E-state index is 13.2. The minimum Gasteiger partial charge on any atom is -0.497 e. The van der Waals surface area contributed by atoms with Crippen LogP contribution in [0.4, 0.5) is 0 Å². The van der Waals surface area contributed by atoms with Crippen LogP contribution in [0.1, 0.15) is 56.6 Å². The topological polar surface area (TPSA) is 87.7 Å². The van der Waals surface area contributed by atoms with E-state index >= 15 is 0 Å². The van der Waals surface area contributed by atoms with Crippen molar-refractivity contribution in [3.8, 4) is 5.75 Å². The Morgan fingerprint density at radius 2 is 1.81 bits per heavy atom. The summed E-state index contributed by atoms with van der Waals surface area (Å²) in [5, 5.41) is 3.17. The van der Waals surface area contributed by atoms with E-state index in [9.17, 15) is 13.2 Å². The summed E-state index contributed by atoms with van der Waals surface area (Å²) in [5.41, 5.74) is 1.02. The van der Waals surface area contributed by atoms with E-state index in [0.717, 1.165) is 23.3 Å². The Morgan fingerprint density at radius 1 is 1.16 bits per heavy atom. The van der Waals surface area contributed by atoms with Crippen molar-refractivity contribution < 1.29 is 17.9 Å². The van der Waals surface area contributed by atoms with E-state index in [1.54, 1.807) is 7.11 Å². The number of methoxy groups -OCH3 is 1. The van der Waals surface area contributed by atoms with Crippen LogP contribution >= 0.6 is 0 Å². The smallest absolute Gasteiger partial charge is 0.280 e. The van der Waals surface area contributed by atoms with Gasteiger partial charge < -0.3 is 10.1 Å². The molecule has 4 aliphatic carbocycles. The third-order valence-corrected chi connectivity index (χ3v) is 9.76. The summed E-state index contributed by atoms with van der Waals surface area (Å²) in [6, 6.07) is 6.16. The minimum atomic E-state index is -3.75. The van der Waals surface area contributed by atoms with Gasteiger partial charge in [-0.1, -0.05) is 12.1 Å². The number of carbonyl (C=O) groups excluding carboxylic acids is 1. The molecule has 8 heteroatoms. The van der Waals surface area contributed by atoms with Gasteiger partial charge in [0.2, 0.25) is 5.91 Å². The first-order valence-corrected chi connectivity index (χ1v) is 12.9. The fourth-order valence-electron chi connectivity index (χ4n) is 7.08. The van der Waals surface area contributed by atoms with E-state index in [2.05, 4.69) is 10.0 Å². The molecule has 1 aromatic carbocycles. The van der Waals surface area contributed by atoms with Crippen molar-refractivity contribution in [1.29, 1.82) is 0 Å². The Labute approximate surface area is 185 Å². The van der Waals surface area contributed by atoms with Gasteiger partial charge in [0.15, 0.2) is 0 Å². The molecule has 1 amide bonds. The van der Waals surface area contributed by atoms with Crippen LogP contribution in [0.15, 0.2) is 24.3 Å². The molecule has 4 bridgehead atoms. The molecular weight excluding hydrogens is 414 g/mol. The van der Waals surface area contributed by atoms with Crippen LogP contribution in [0.5, 0.6) is 5.75 Å². The molecule has 1 aromatic rings. The Balaban J connectivity index is 1.30. The summed E-state index contributed by atoms with van der Waals surface area (Å²) >= 11 is 0. The first kappa shape index (κ1) is 21.2. The summed E-state index contributed by atoms with van der Waals surface area (Å²) in [6.45, 7) is 0.678. The van der Waals surface area contributed by atoms with E-state index in [1.807, 2.05) is 24.3 Å². The predicted octanol–water partition coefficient (Wildman–Crippen LogP) is 2.61. The molecule has 6 rings (SSSR count). The van der Waals surface area contributed by atoms with Crippen LogP contribution in [0.25, 0.3) is 0 Å². The monoisotopic (exact) mass is 447 g/mol. The highest BCUT2D eigenvalue weighted by atomic mass is 32.2. The van der Waals surface area contributed by atoms with Gasteiger partial charge in [-0.15, -0.1) is 0 Å². The number of likely N-dealkylation sites (N-methyl/N-ethyl adjacent to an activating group) is 1. The largest absolute Gasteiger partial charge is 0.497 e. The average molecular weight is 448 g/mol. The Morgan fingerprint density at radius 3 is 2.42 bits per heavy atom. The summed E-state index contributed by atoms with van der Waals surface area (Å²) < 4.78 is 34.7. The van der Waals surface area contributed by atoms with Crippen LogP contribution in [-0.4, -0.2) is 45.4 Å². The van der Waals surface area contributed by atoms with Crippen LogP contribution in [-0.2, 0) is 15.0 Å². The first-order valence-electron chi connectivity index (χ1n) is 11.4. The van der Waals surface area contributed by atoms with Crippen LogP contribution in [0, 0.1) is 23.2 Å². The highest BCUT2D eigenvalue weighted by molar-refractivity contribution is 7.87. The summed E-state index contributed by atoms with van der Waals surface area (Å²) in [5.74, 6) is 2.95. The molecule has 5 fully saturated rings. The second-order valence-electron chi connectivity index (χ2n) is 10.4. The minimum absolute atomic E-state index is 0.184. The molecule has 5 aliphatic rings. The normalized spacial score (nSPS) is 38.7. The van der Waals surface area contributed by atoms with Gasteiger partial charge in [0.25, 0.3) is 10.2 Å². The Bertz CT molecular complexity index is 928. The second-order valence-corrected chi connectivity index (χ2v) is 12.1. The number of carbonyl (C=O) groups is 1. The summed E-state index contributed by atoms with van der Waals surface area (Å²) in [7, 11) is -0.687. The van der Waals surface area contributed by atoms with Gasteiger partial charge in [0, 0.05) is 13.6 Å². The number of nitrogens with zero attached hydrogens (tertiary/aromatic N) is 1. The highest BCUT2D eigenvalue weighted by Gasteiger charge is 2.51. The molecule has 1 aliphatic heterocycles. The van der Waals surface area contributed by atoms with Gasteiger partial charge in [-0.3, -0.25) is 4.79 Å². The zero-order valence-corrected chi connectivity index (χ0v) is 19.2. The van der Waals surface area contributed by atoms with Crippen molar-refractivity contribution in [1.82, 2.24) is 14.3 Å².